The van der Waals surface area contributed by atoms with E-state index in [9.17, 15) is 24.0 Å². The Balaban J connectivity index is 4.35. The summed E-state index contributed by atoms with van der Waals surface area (Å²) in [5.74, 6) is 0.586. The second-order valence-corrected chi connectivity index (χ2v) is 9.21. The molecule has 2 N–H and O–H groups in total. The zero-order valence-electron chi connectivity index (χ0n) is 21.7. The second-order valence-electron chi connectivity index (χ2n) is 9.21. The fraction of sp³-hybridized carbons (Fsp3) is 0.808. The van der Waals surface area contributed by atoms with Gasteiger partial charge in [0.15, 0.2) is 0 Å². The largest absolute Gasteiger partial charge is 0.338 e. The van der Waals surface area contributed by atoms with Crippen LogP contribution in [0.3, 0.4) is 0 Å². The smallest absolute Gasteiger partial charge is 0.325 e. The van der Waals surface area contributed by atoms with Gasteiger partial charge in [0.1, 0.15) is 17.3 Å². The number of amides is 4. The number of urea groups is 2. The molecular weight excluding hydrogens is 434 g/mol. The van der Waals surface area contributed by atoms with Crippen molar-refractivity contribution in [2.45, 2.75) is 117 Å². The Kier molecular flexibility index (Phi) is 19.9. The highest BCUT2D eigenvalue weighted by atomic mass is 16.2. The van der Waals surface area contributed by atoms with E-state index < -0.39 is 0 Å². The molecule has 196 valence electrons. The highest BCUT2D eigenvalue weighted by Gasteiger charge is 2.20. The molecule has 8 nitrogen and oxygen atoms in total. The third kappa shape index (κ3) is 20.4. The summed E-state index contributed by atoms with van der Waals surface area (Å²) in [6, 6.07) is -0.766. The van der Waals surface area contributed by atoms with Gasteiger partial charge in [-0.3, -0.25) is 0 Å². The molecule has 0 radical (unpaired) electrons. The van der Waals surface area contributed by atoms with Gasteiger partial charge in [0.25, 0.3) is 0 Å². The molecule has 0 atom stereocenters. The molecule has 0 aromatic rings. The number of carbonyl (C=O) groups is 5. The van der Waals surface area contributed by atoms with Crippen LogP contribution in [0.15, 0.2) is 0 Å². The first-order valence-electron chi connectivity index (χ1n) is 13.1. The number of ketones is 3. The first kappa shape index (κ1) is 31.8. The van der Waals surface area contributed by atoms with Gasteiger partial charge in [-0.25, -0.2) is 14.5 Å². The summed E-state index contributed by atoms with van der Waals surface area (Å²) in [4.78, 5) is 59.5. The Morgan fingerprint density at radius 1 is 0.471 bits per heavy atom. The van der Waals surface area contributed by atoms with Gasteiger partial charge in [0.05, 0.1) is 0 Å². The molecule has 0 spiro atoms. The van der Waals surface area contributed by atoms with Crippen molar-refractivity contribution in [3.8, 4) is 0 Å². The molecule has 0 unspecified atom stereocenters. The van der Waals surface area contributed by atoms with E-state index in [1.807, 2.05) is 0 Å². The average molecular weight is 482 g/mol. The van der Waals surface area contributed by atoms with Crippen molar-refractivity contribution >= 4 is 29.4 Å². The third-order valence-corrected chi connectivity index (χ3v) is 5.61. The highest BCUT2D eigenvalue weighted by Crippen LogP contribution is 2.07. The minimum Gasteiger partial charge on any atom is -0.338 e. The summed E-state index contributed by atoms with van der Waals surface area (Å²) in [5, 5.41) is 5.68. The lowest BCUT2D eigenvalue weighted by Crippen LogP contribution is -2.49. The molecule has 34 heavy (non-hydrogen) atoms. The maximum atomic E-state index is 12.6. The molecule has 4 amide bonds. The van der Waals surface area contributed by atoms with Crippen LogP contribution >= 0.6 is 0 Å². The van der Waals surface area contributed by atoms with Crippen LogP contribution in [0.5, 0.6) is 0 Å². The number of Topliss-reactive ketones (excluding diaryl/α,β-unsaturated/α-hetero) is 3. The van der Waals surface area contributed by atoms with Gasteiger partial charge in [-0.05, 0) is 59.3 Å². The summed E-state index contributed by atoms with van der Waals surface area (Å²) in [7, 11) is 0. The summed E-state index contributed by atoms with van der Waals surface area (Å²) in [6.07, 6.45) is 12.2. The van der Waals surface area contributed by atoms with E-state index in [0.717, 1.165) is 70.6 Å². The number of nitrogens with one attached hydrogen (secondary N) is 2. The van der Waals surface area contributed by atoms with E-state index in [0.29, 0.717) is 45.3 Å². The SMILES string of the molecule is CC(=O)CCCCCCNC(=O)N(CCCCCCC(C)=O)C(=O)NCCCCCCC(C)=O. The number of carbonyl (C=O) groups excluding carboxylic acids is 5. The van der Waals surface area contributed by atoms with Gasteiger partial charge in [0.2, 0.25) is 0 Å². The van der Waals surface area contributed by atoms with Crippen molar-refractivity contribution in [1.29, 1.82) is 0 Å². The van der Waals surface area contributed by atoms with Crippen molar-refractivity contribution in [1.82, 2.24) is 15.5 Å². The van der Waals surface area contributed by atoms with Crippen LogP contribution in [-0.4, -0.2) is 53.9 Å². The summed E-state index contributed by atoms with van der Waals surface area (Å²) < 4.78 is 0. The van der Waals surface area contributed by atoms with Crippen LogP contribution in [0, 0.1) is 0 Å². The highest BCUT2D eigenvalue weighted by molar-refractivity contribution is 5.93. The van der Waals surface area contributed by atoms with Crippen molar-refractivity contribution in [2.24, 2.45) is 0 Å². The molecule has 8 heteroatoms. The molecule has 0 fully saturated rings. The van der Waals surface area contributed by atoms with E-state index in [1.165, 1.54) is 4.90 Å². The number of imide groups is 1. The summed E-state index contributed by atoms with van der Waals surface area (Å²) >= 11 is 0. The lowest BCUT2D eigenvalue weighted by molar-refractivity contribution is -0.117. The van der Waals surface area contributed by atoms with Crippen LogP contribution in [0.4, 0.5) is 9.59 Å². The molecule has 0 bridgehead atoms. The Morgan fingerprint density at radius 3 is 1.15 bits per heavy atom. The lowest BCUT2D eigenvalue weighted by Gasteiger charge is -2.22. The Bertz CT molecular complexity index is 582. The normalized spacial score (nSPS) is 10.6. The minimum atomic E-state index is -0.383. The molecule has 0 aliphatic rings. The Labute approximate surface area is 206 Å². The van der Waals surface area contributed by atoms with E-state index in [2.05, 4.69) is 10.6 Å². The molecule has 0 aromatic carbocycles. The van der Waals surface area contributed by atoms with Gasteiger partial charge >= 0.3 is 12.1 Å². The third-order valence-electron chi connectivity index (χ3n) is 5.61. The molecule has 0 heterocycles. The average Bonchev–Trinajstić information content (AvgIpc) is 2.76. The van der Waals surface area contributed by atoms with Crippen LogP contribution in [-0.2, 0) is 14.4 Å². The number of unbranched alkanes of at least 4 members (excludes halogenated alkanes) is 9. The molecule has 0 saturated heterocycles. The summed E-state index contributed by atoms with van der Waals surface area (Å²) in [5.41, 5.74) is 0. The van der Waals surface area contributed by atoms with Gasteiger partial charge in [0, 0.05) is 38.9 Å². The zero-order chi connectivity index (χ0) is 25.6. The van der Waals surface area contributed by atoms with Crippen LogP contribution in [0.25, 0.3) is 0 Å². The molecular formula is C26H47N3O5. The molecule has 0 saturated carbocycles. The van der Waals surface area contributed by atoms with Crippen LogP contribution in [0.1, 0.15) is 117 Å². The Morgan fingerprint density at radius 2 is 0.794 bits per heavy atom. The van der Waals surface area contributed by atoms with E-state index in [4.69, 9.17) is 0 Å². The van der Waals surface area contributed by atoms with Crippen LogP contribution < -0.4 is 10.6 Å². The molecule has 0 aromatic heterocycles. The first-order valence-corrected chi connectivity index (χ1v) is 13.1. The Hall–Kier alpha value is -2.25. The van der Waals surface area contributed by atoms with Gasteiger partial charge in [-0.2, -0.15) is 0 Å². The number of hydrogen-bond donors (Lipinski definition) is 2. The van der Waals surface area contributed by atoms with Crippen LogP contribution in [0.2, 0.25) is 0 Å². The number of hydrogen-bond acceptors (Lipinski definition) is 5. The number of rotatable bonds is 21. The van der Waals surface area contributed by atoms with E-state index >= 15 is 0 Å². The van der Waals surface area contributed by atoms with Crippen molar-refractivity contribution in [3.05, 3.63) is 0 Å². The number of nitrogens with zero attached hydrogens (tertiary/aromatic N) is 1. The van der Waals surface area contributed by atoms with Gasteiger partial charge < -0.3 is 25.0 Å². The van der Waals surface area contributed by atoms with E-state index in [1.54, 1.807) is 20.8 Å². The molecule has 0 aliphatic carbocycles. The van der Waals surface area contributed by atoms with Crippen molar-refractivity contribution < 1.29 is 24.0 Å². The predicted octanol–water partition coefficient (Wildman–Crippen LogP) is 5.33. The van der Waals surface area contributed by atoms with Gasteiger partial charge in [-0.15, -0.1) is 0 Å². The van der Waals surface area contributed by atoms with E-state index in [-0.39, 0.29) is 29.4 Å². The standard InChI is InChI=1S/C26H47N3O5/c1-22(30)16-10-4-7-13-19-27-25(33)29(21-15-9-6-12-18-24(3)32)26(34)28-20-14-8-5-11-17-23(2)31/h4-21H2,1-3H3,(H,27,33)(H,28,34). The molecule has 0 aliphatic heterocycles. The lowest BCUT2D eigenvalue weighted by atomic mass is 10.1. The molecule has 0 rings (SSSR count). The maximum Gasteiger partial charge on any atom is 0.325 e. The zero-order valence-corrected chi connectivity index (χ0v) is 21.7. The quantitative estimate of drug-likeness (QED) is 0.215. The fourth-order valence-electron chi connectivity index (χ4n) is 3.58. The monoisotopic (exact) mass is 481 g/mol. The first-order chi connectivity index (χ1) is 16.2. The minimum absolute atomic E-state index is 0.183. The summed E-state index contributed by atoms with van der Waals surface area (Å²) in [6.45, 7) is 6.11. The second kappa shape index (κ2) is 21.3. The van der Waals surface area contributed by atoms with Crippen molar-refractivity contribution in [2.75, 3.05) is 19.6 Å². The predicted molar refractivity (Wildman–Crippen MR) is 135 cm³/mol. The fourth-order valence-corrected chi connectivity index (χ4v) is 3.58. The maximum absolute atomic E-state index is 12.6. The van der Waals surface area contributed by atoms with Crippen molar-refractivity contribution in [3.63, 3.8) is 0 Å². The topological polar surface area (TPSA) is 113 Å². The van der Waals surface area contributed by atoms with Gasteiger partial charge in [-0.1, -0.05) is 38.5 Å².